The Hall–Kier alpha value is -2.90. The minimum Gasteiger partial charge on any atom is -0.377 e. The quantitative estimate of drug-likeness (QED) is 0.420. The molecule has 2 fully saturated rings. The fourth-order valence-corrected chi connectivity index (χ4v) is 4.94. The van der Waals surface area contributed by atoms with Gasteiger partial charge in [0.1, 0.15) is 11.6 Å². The summed E-state index contributed by atoms with van der Waals surface area (Å²) in [5, 5.41) is 11.8. The number of carbonyl (C=O) groups excluding carboxylic acids is 1. The second-order valence-electron chi connectivity index (χ2n) is 9.74. The SMILES string of the molecule is Cc1ccc2ccc(N[C@H]3CC[C@H](CNc4ccc(CC(=O)NC5COC5)cn4)CC3)nc2c1Cl. The third-order valence-corrected chi connectivity index (χ3v) is 7.43. The van der Waals surface area contributed by atoms with Gasteiger partial charge in [0, 0.05) is 24.2 Å². The zero-order valence-electron chi connectivity index (χ0n) is 20.0. The van der Waals surface area contributed by atoms with Gasteiger partial charge in [0.2, 0.25) is 5.91 Å². The van der Waals surface area contributed by atoms with Crippen LogP contribution in [0.25, 0.3) is 10.9 Å². The summed E-state index contributed by atoms with van der Waals surface area (Å²) in [5.41, 5.74) is 2.83. The molecule has 2 aromatic heterocycles. The average Bonchev–Trinajstić information content (AvgIpc) is 2.84. The van der Waals surface area contributed by atoms with Crippen molar-refractivity contribution in [3.8, 4) is 0 Å². The Bertz CT molecular complexity index is 1170. The van der Waals surface area contributed by atoms with Crippen molar-refractivity contribution in [1.29, 1.82) is 0 Å². The first-order chi connectivity index (χ1) is 17.0. The number of aromatic nitrogens is 2. The molecule has 3 aromatic rings. The highest BCUT2D eigenvalue weighted by Crippen LogP contribution is 2.29. The third kappa shape index (κ3) is 6.03. The van der Waals surface area contributed by atoms with Crippen molar-refractivity contribution in [2.24, 2.45) is 5.92 Å². The lowest BCUT2D eigenvalue weighted by Crippen LogP contribution is -2.49. The van der Waals surface area contributed by atoms with Crippen LogP contribution < -0.4 is 16.0 Å². The van der Waals surface area contributed by atoms with Crippen LogP contribution in [0, 0.1) is 12.8 Å². The molecule has 1 saturated carbocycles. The van der Waals surface area contributed by atoms with E-state index in [1.807, 2.05) is 31.2 Å². The molecule has 2 aliphatic rings. The normalized spacial score (nSPS) is 20.3. The van der Waals surface area contributed by atoms with E-state index >= 15 is 0 Å². The highest BCUT2D eigenvalue weighted by molar-refractivity contribution is 6.35. The number of anilines is 2. The molecule has 1 amide bonds. The number of hydrogen-bond donors (Lipinski definition) is 3. The van der Waals surface area contributed by atoms with Gasteiger partial charge < -0.3 is 20.7 Å². The molecule has 8 heteroatoms. The lowest BCUT2D eigenvalue weighted by atomic mass is 9.86. The molecular weight excluding hydrogens is 462 g/mol. The molecule has 184 valence electrons. The molecule has 7 nitrogen and oxygen atoms in total. The molecule has 0 spiro atoms. The van der Waals surface area contributed by atoms with Crippen molar-refractivity contribution in [1.82, 2.24) is 15.3 Å². The largest absolute Gasteiger partial charge is 0.377 e. The van der Waals surface area contributed by atoms with Crippen LogP contribution >= 0.6 is 11.6 Å². The predicted octanol–water partition coefficient (Wildman–Crippen LogP) is 4.73. The molecule has 0 unspecified atom stereocenters. The Labute approximate surface area is 211 Å². The Kier molecular flexibility index (Phi) is 7.35. The van der Waals surface area contributed by atoms with Gasteiger partial charge in [-0.2, -0.15) is 0 Å². The lowest BCUT2D eigenvalue weighted by Gasteiger charge is -2.29. The van der Waals surface area contributed by atoms with Gasteiger partial charge in [0.05, 0.1) is 36.2 Å². The summed E-state index contributed by atoms with van der Waals surface area (Å²) < 4.78 is 5.09. The average molecular weight is 494 g/mol. The van der Waals surface area contributed by atoms with Gasteiger partial charge in [-0.25, -0.2) is 9.97 Å². The number of nitrogens with one attached hydrogen (secondary N) is 3. The minimum absolute atomic E-state index is 0.0169. The minimum atomic E-state index is 0.0169. The zero-order valence-corrected chi connectivity index (χ0v) is 20.8. The van der Waals surface area contributed by atoms with Crippen molar-refractivity contribution < 1.29 is 9.53 Å². The van der Waals surface area contributed by atoms with Gasteiger partial charge in [0.15, 0.2) is 0 Å². The summed E-state index contributed by atoms with van der Waals surface area (Å²) in [7, 11) is 0. The summed E-state index contributed by atoms with van der Waals surface area (Å²) in [4.78, 5) is 21.3. The second kappa shape index (κ2) is 10.8. The Morgan fingerprint density at radius 3 is 2.51 bits per heavy atom. The fraction of sp³-hybridized carbons (Fsp3) is 0.444. The zero-order chi connectivity index (χ0) is 24.2. The number of hydrogen-bond acceptors (Lipinski definition) is 6. The van der Waals surface area contributed by atoms with Crippen LogP contribution in [-0.4, -0.2) is 47.7 Å². The fourth-order valence-electron chi connectivity index (χ4n) is 4.72. The van der Waals surface area contributed by atoms with Crippen LogP contribution in [0.4, 0.5) is 11.6 Å². The van der Waals surface area contributed by atoms with E-state index in [0.29, 0.717) is 31.6 Å². The number of fused-ring (bicyclic) bond motifs is 1. The van der Waals surface area contributed by atoms with Gasteiger partial charge in [-0.05, 0) is 67.9 Å². The maximum absolute atomic E-state index is 12.0. The number of amides is 1. The second-order valence-corrected chi connectivity index (χ2v) is 10.1. The molecule has 1 aliphatic heterocycles. The van der Waals surface area contributed by atoms with Crippen LogP contribution in [0.15, 0.2) is 42.6 Å². The van der Waals surface area contributed by atoms with Crippen LogP contribution in [0.1, 0.15) is 36.8 Å². The van der Waals surface area contributed by atoms with E-state index in [1.54, 1.807) is 6.20 Å². The molecule has 0 radical (unpaired) electrons. The topological polar surface area (TPSA) is 88.2 Å². The van der Waals surface area contributed by atoms with Crippen molar-refractivity contribution in [3.05, 3.63) is 58.7 Å². The monoisotopic (exact) mass is 493 g/mol. The van der Waals surface area contributed by atoms with Gasteiger partial charge in [-0.1, -0.05) is 29.8 Å². The van der Waals surface area contributed by atoms with Crippen molar-refractivity contribution >= 4 is 40.0 Å². The van der Waals surface area contributed by atoms with Gasteiger partial charge in [-0.15, -0.1) is 0 Å². The van der Waals surface area contributed by atoms with Crippen LogP contribution in [0.5, 0.6) is 0 Å². The van der Waals surface area contributed by atoms with E-state index in [2.05, 4.69) is 33.1 Å². The molecule has 0 bridgehead atoms. The molecule has 5 rings (SSSR count). The first-order valence-electron chi connectivity index (χ1n) is 12.4. The third-order valence-electron chi connectivity index (χ3n) is 6.96. The molecule has 1 saturated heterocycles. The molecule has 3 N–H and O–H groups in total. The number of ether oxygens (including phenoxy) is 1. The van der Waals surface area contributed by atoms with E-state index in [-0.39, 0.29) is 11.9 Å². The first kappa shape index (κ1) is 23.8. The number of aryl methyl sites for hydroxylation is 1. The Morgan fingerprint density at radius 1 is 1.03 bits per heavy atom. The number of pyridine rings is 2. The van der Waals surface area contributed by atoms with E-state index in [0.717, 1.165) is 70.9 Å². The van der Waals surface area contributed by atoms with E-state index < -0.39 is 0 Å². The van der Waals surface area contributed by atoms with Crippen molar-refractivity contribution in [3.63, 3.8) is 0 Å². The van der Waals surface area contributed by atoms with Crippen molar-refractivity contribution in [2.75, 3.05) is 30.4 Å². The van der Waals surface area contributed by atoms with Crippen LogP contribution in [0.3, 0.4) is 0 Å². The molecular formula is C27H32ClN5O2. The summed E-state index contributed by atoms with van der Waals surface area (Å²) in [5.74, 6) is 2.38. The van der Waals surface area contributed by atoms with E-state index in [4.69, 9.17) is 21.3 Å². The van der Waals surface area contributed by atoms with Crippen LogP contribution in [0.2, 0.25) is 5.02 Å². The molecule has 0 atom stereocenters. The number of carbonyl (C=O) groups is 1. The smallest absolute Gasteiger partial charge is 0.224 e. The molecule has 1 aliphatic carbocycles. The van der Waals surface area contributed by atoms with Gasteiger partial charge in [-0.3, -0.25) is 4.79 Å². The highest BCUT2D eigenvalue weighted by atomic mass is 35.5. The molecule has 3 heterocycles. The van der Waals surface area contributed by atoms with Crippen molar-refractivity contribution in [2.45, 2.75) is 51.1 Å². The number of halogens is 1. The van der Waals surface area contributed by atoms with E-state index in [9.17, 15) is 4.79 Å². The Morgan fingerprint density at radius 2 is 1.80 bits per heavy atom. The maximum atomic E-state index is 12.0. The molecule has 35 heavy (non-hydrogen) atoms. The predicted molar refractivity (Wildman–Crippen MR) is 140 cm³/mol. The molecule has 1 aromatic carbocycles. The Balaban J connectivity index is 1.06. The van der Waals surface area contributed by atoms with Crippen LogP contribution in [-0.2, 0) is 16.0 Å². The first-order valence-corrected chi connectivity index (χ1v) is 12.8. The van der Waals surface area contributed by atoms with E-state index in [1.165, 1.54) is 0 Å². The highest BCUT2D eigenvalue weighted by Gasteiger charge is 2.22. The van der Waals surface area contributed by atoms with Gasteiger partial charge >= 0.3 is 0 Å². The summed E-state index contributed by atoms with van der Waals surface area (Å²) >= 11 is 6.48. The summed E-state index contributed by atoms with van der Waals surface area (Å²) in [6.07, 6.45) is 6.66. The number of nitrogens with zero attached hydrogens (tertiary/aromatic N) is 2. The van der Waals surface area contributed by atoms with Gasteiger partial charge in [0.25, 0.3) is 0 Å². The standard InChI is InChI=1S/C27H32ClN5O2/c1-17-2-6-20-7-11-24(33-27(20)26(17)28)31-21-8-3-18(4-9-21)13-29-23-10-5-19(14-30-23)12-25(34)32-22-15-35-16-22/h2,5-7,10-11,14,18,21-22H,3-4,8-9,12-13,15-16H2,1H3,(H,29,30)(H,31,33)(H,32,34)/t18-,21-. The summed E-state index contributed by atoms with van der Waals surface area (Å²) in [6.45, 7) is 4.14. The number of rotatable bonds is 8. The number of benzene rings is 1. The lowest BCUT2D eigenvalue weighted by molar-refractivity contribution is -0.124. The maximum Gasteiger partial charge on any atom is 0.224 e. The summed E-state index contributed by atoms with van der Waals surface area (Å²) in [6, 6.07) is 12.7.